The zero-order valence-electron chi connectivity index (χ0n) is 10.2. The number of carboxylic acid groups (broad SMARTS) is 1. The summed E-state index contributed by atoms with van der Waals surface area (Å²) in [4.78, 5) is 20.8. The lowest BCUT2D eigenvalue weighted by atomic mass is 9.94. The van der Waals surface area contributed by atoms with E-state index in [-0.39, 0.29) is 0 Å². The molecule has 0 aliphatic heterocycles. The lowest BCUT2D eigenvalue weighted by molar-refractivity contribution is -0.140. The zero-order chi connectivity index (χ0) is 12.6. The molecule has 94 valence electrons. The van der Waals surface area contributed by atoms with E-state index in [1.807, 2.05) is 0 Å². The lowest BCUT2D eigenvalue weighted by Crippen LogP contribution is -2.36. The molecule has 0 aliphatic rings. The van der Waals surface area contributed by atoms with Crippen LogP contribution in [0.3, 0.4) is 0 Å². The van der Waals surface area contributed by atoms with Gasteiger partial charge in [0.1, 0.15) is 6.04 Å². The van der Waals surface area contributed by atoms with Crippen molar-refractivity contribution in [2.75, 3.05) is 11.5 Å². The van der Waals surface area contributed by atoms with Crippen LogP contribution in [0, 0.1) is 5.41 Å². The molecule has 1 unspecified atom stereocenters. The van der Waals surface area contributed by atoms with Crippen LogP contribution in [-0.2, 0) is 9.59 Å². The average Bonchev–Trinajstić information content (AvgIpc) is 2.13. The highest BCUT2D eigenvalue weighted by molar-refractivity contribution is 7.99. The molecule has 0 aromatic rings. The molecule has 0 radical (unpaired) electrons. The van der Waals surface area contributed by atoms with Crippen LogP contribution in [0.2, 0.25) is 0 Å². The molecule has 0 saturated carbocycles. The summed E-state index contributed by atoms with van der Waals surface area (Å²) in [7, 11) is 0. The highest BCUT2D eigenvalue weighted by Gasteiger charge is 2.15. The zero-order valence-corrected chi connectivity index (χ0v) is 11.0. The van der Waals surface area contributed by atoms with E-state index in [0.717, 1.165) is 17.9 Å². The standard InChI is InChI=1S/C11H21NO3S/c1-11(2,3)5-7-16-6-4-9(10(14)15)12-8-13/h8-9H,4-7H2,1-3H3,(H,12,13)(H,14,15). The maximum atomic E-state index is 10.7. The Kier molecular flexibility index (Phi) is 7.21. The number of hydrogen-bond acceptors (Lipinski definition) is 3. The van der Waals surface area contributed by atoms with Crippen molar-refractivity contribution < 1.29 is 14.7 Å². The Morgan fingerprint density at radius 1 is 1.44 bits per heavy atom. The van der Waals surface area contributed by atoms with Crippen molar-refractivity contribution >= 4 is 24.1 Å². The van der Waals surface area contributed by atoms with Crippen molar-refractivity contribution in [1.82, 2.24) is 5.32 Å². The molecule has 16 heavy (non-hydrogen) atoms. The predicted molar refractivity (Wildman–Crippen MR) is 66.6 cm³/mol. The molecule has 0 saturated heterocycles. The van der Waals surface area contributed by atoms with Crippen molar-refractivity contribution in [2.45, 2.75) is 39.7 Å². The molecule has 0 aromatic heterocycles. The number of carboxylic acids is 1. The van der Waals surface area contributed by atoms with Gasteiger partial charge in [-0.3, -0.25) is 4.79 Å². The fourth-order valence-corrected chi connectivity index (χ4v) is 2.41. The molecule has 0 spiro atoms. The number of amides is 1. The van der Waals surface area contributed by atoms with Gasteiger partial charge in [0, 0.05) is 0 Å². The van der Waals surface area contributed by atoms with Crippen LogP contribution in [0.1, 0.15) is 33.6 Å². The quantitative estimate of drug-likeness (QED) is 0.506. The number of nitrogens with one attached hydrogen (secondary N) is 1. The first-order chi connectivity index (χ1) is 7.37. The molecule has 0 bridgehead atoms. The molecule has 0 aromatic carbocycles. The minimum atomic E-state index is -0.969. The molecule has 1 atom stereocenters. The Balaban J connectivity index is 3.63. The molecule has 5 heteroatoms. The van der Waals surface area contributed by atoms with E-state index in [1.165, 1.54) is 0 Å². The van der Waals surface area contributed by atoms with Gasteiger partial charge in [-0.05, 0) is 29.8 Å². The van der Waals surface area contributed by atoms with Crippen molar-refractivity contribution in [1.29, 1.82) is 0 Å². The van der Waals surface area contributed by atoms with Gasteiger partial charge in [-0.25, -0.2) is 4.79 Å². The summed E-state index contributed by atoms with van der Waals surface area (Å²) in [6.07, 6.45) is 2.03. The maximum Gasteiger partial charge on any atom is 0.326 e. The number of carbonyl (C=O) groups excluding carboxylic acids is 1. The molecule has 1 amide bonds. The second kappa shape index (κ2) is 7.54. The third-order valence-electron chi connectivity index (χ3n) is 2.11. The van der Waals surface area contributed by atoms with E-state index < -0.39 is 12.0 Å². The van der Waals surface area contributed by atoms with Gasteiger partial charge in [0.25, 0.3) is 0 Å². The van der Waals surface area contributed by atoms with Gasteiger partial charge < -0.3 is 10.4 Å². The molecule has 0 heterocycles. The molecular weight excluding hydrogens is 226 g/mol. The summed E-state index contributed by atoms with van der Waals surface area (Å²) in [6.45, 7) is 6.55. The minimum absolute atomic E-state index is 0.320. The third kappa shape index (κ3) is 8.59. The summed E-state index contributed by atoms with van der Waals surface area (Å²) in [5, 5.41) is 11.1. The topological polar surface area (TPSA) is 66.4 Å². The number of hydrogen-bond donors (Lipinski definition) is 2. The van der Waals surface area contributed by atoms with E-state index in [9.17, 15) is 9.59 Å². The van der Waals surface area contributed by atoms with Crippen LogP contribution >= 0.6 is 11.8 Å². The summed E-state index contributed by atoms with van der Waals surface area (Å²) in [5.74, 6) is 0.814. The second-order valence-corrected chi connectivity index (χ2v) is 6.11. The number of thioether (sulfide) groups is 1. The van der Waals surface area contributed by atoms with Crippen LogP contribution in [0.15, 0.2) is 0 Å². The molecule has 4 nitrogen and oxygen atoms in total. The Hall–Kier alpha value is -0.710. The first-order valence-electron chi connectivity index (χ1n) is 5.37. The van der Waals surface area contributed by atoms with Crippen molar-refractivity contribution in [2.24, 2.45) is 5.41 Å². The molecular formula is C11H21NO3S. The Bertz CT molecular complexity index is 226. The third-order valence-corrected chi connectivity index (χ3v) is 3.13. The normalized spacial score (nSPS) is 13.2. The van der Waals surface area contributed by atoms with Gasteiger partial charge in [0.2, 0.25) is 6.41 Å². The average molecular weight is 247 g/mol. The highest BCUT2D eigenvalue weighted by atomic mass is 32.2. The monoisotopic (exact) mass is 247 g/mol. The number of carbonyl (C=O) groups is 2. The summed E-state index contributed by atoms with van der Waals surface area (Å²) in [6, 6.07) is -0.750. The van der Waals surface area contributed by atoms with Crippen molar-refractivity contribution in [3.8, 4) is 0 Å². The van der Waals surface area contributed by atoms with Crippen molar-refractivity contribution in [3.05, 3.63) is 0 Å². The maximum absolute atomic E-state index is 10.7. The summed E-state index contributed by atoms with van der Waals surface area (Å²) in [5.41, 5.74) is 0.320. The second-order valence-electron chi connectivity index (χ2n) is 4.89. The van der Waals surface area contributed by atoms with Gasteiger partial charge in [0.05, 0.1) is 0 Å². The number of rotatable bonds is 8. The van der Waals surface area contributed by atoms with Gasteiger partial charge in [-0.15, -0.1) is 0 Å². The van der Waals surface area contributed by atoms with Gasteiger partial charge in [-0.2, -0.15) is 11.8 Å². The van der Waals surface area contributed by atoms with Crippen LogP contribution in [0.25, 0.3) is 0 Å². The Labute approximate surface area is 101 Å². The van der Waals surface area contributed by atoms with Gasteiger partial charge >= 0.3 is 5.97 Å². The van der Waals surface area contributed by atoms with E-state index >= 15 is 0 Å². The van der Waals surface area contributed by atoms with E-state index in [4.69, 9.17) is 5.11 Å². The first kappa shape index (κ1) is 15.3. The molecule has 0 rings (SSSR count). The van der Waals surface area contributed by atoms with E-state index in [2.05, 4.69) is 26.1 Å². The fraction of sp³-hybridized carbons (Fsp3) is 0.818. The van der Waals surface area contributed by atoms with Crippen LogP contribution in [0.4, 0.5) is 0 Å². The summed E-state index contributed by atoms with van der Waals surface area (Å²) < 4.78 is 0. The summed E-state index contributed by atoms with van der Waals surface area (Å²) >= 11 is 1.73. The fourth-order valence-electron chi connectivity index (χ4n) is 1.04. The van der Waals surface area contributed by atoms with Crippen molar-refractivity contribution in [3.63, 3.8) is 0 Å². The SMILES string of the molecule is CC(C)(C)CCSCCC(NC=O)C(=O)O. The smallest absolute Gasteiger partial charge is 0.326 e. The Morgan fingerprint density at radius 3 is 2.50 bits per heavy atom. The van der Waals surface area contributed by atoms with Crippen LogP contribution in [0.5, 0.6) is 0 Å². The van der Waals surface area contributed by atoms with Gasteiger partial charge in [-0.1, -0.05) is 20.8 Å². The molecule has 0 aliphatic carbocycles. The highest BCUT2D eigenvalue weighted by Crippen LogP contribution is 2.21. The van der Waals surface area contributed by atoms with E-state index in [0.29, 0.717) is 18.2 Å². The predicted octanol–water partition coefficient (Wildman–Crippen LogP) is 1.75. The first-order valence-corrected chi connectivity index (χ1v) is 6.52. The lowest BCUT2D eigenvalue weighted by Gasteiger charge is -2.17. The number of aliphatic carboxylic acids is 1. The van der Waals surface area contributed by atoms with Crippen LogP contribution in [-0.4, -0.2) is 35.0 Å². The minimum Gasteiger partial charge on any atom is -0.480 e. The largest absolute Gasteiger partial charge is 0.480 e. The van der Waals surface area contributed by atoms with E-state index in [1.54, 1.807) is 11.8 Å². The van der Waals surface area contributed by atoms with Crippen LogP contribution < -0.4 is 5.32 Å². The molecule has 2 N–H and O–H groups in total. The molecule has 0 fully saturated rings. The Morgan fingerprint density at radius 2 is 2.06 bits per heavy atom. The van der Waals surface area contributed by atoms with Gasteiger partial charge in [0.15, 0.2) is 0 Å².